The lowest BCUT2D eigenvalue weighted by Crippen LogP contribution is -2.10. The van der Waals surface area contributed by atoms with Crippen LogP contribution >= 0.6 is 11.9 Å². The van der Waals surface area contributed by atoms with Gasteiger partial charge in [0.25, 0.3) is 5.56 Å². The molecular formula is C23H16F2N4O3S. The lowest BCUT2D eigenvalue weighted by atomic mass is 10.0. The molecule has 2 aromatic heterocycles. The number of rotatable bonds is 6. The monoisotopic (exact) mass is 466 g/mol. The van der Waals surface area contributed by atoms with Crippen LogP contribution in [0.5, 0.6) is 0 Å². The summed E-state index contributed by atoms with van der Waals surface area (Å²) in [6, 6.07) is 11.9. The number of carboxylic acids is 1. The maximum absolute atomic E-state index is 13.9. The Morgan fingerprint density at radius 2 is 1.94 bits per heavy atom. The summed E-state index contributed by atoms with van der Waals surface area (Å²) in [6.07, 6.45) is 3.88. The number of anilines is 2. The van der Waals surface area contributed by atoms with E-state index >= 15 is 0 Å². The fourth-order valence-electron chi connectivity index (χ4n) is 3.08. The Morgan fingerprint density at radius 1 is 1.12 bits per heavy atom. The van der Waals surface area contributed by atoms with E-state index in [0.717, 1.165) is 41.1 Å². The molecule has 10 heteroatoms. The Morgan fingerprint density at radius 3 is 2.70 bits per heavy atom. The number of fused-ring (bicyclic) bond motifs is 1. The number of aromatic nitrogens is 2. The van der Waals surface area contributed by atoms with Crippen LogP contribution < -0.4 is 16.0 Å². The molecule has 0 aliphatic carbocycles. The SMILES string of the molecule is Nc1nc2ccc(-c3c[nH]c(=O)c(NSc4ccc(F)cc4F)c3)cc2cc1/C=C/C(=O)O. The summed E-state index contributed by atoms with van der Waals surface area (Å²) in [5.41, 5.74) is 8.17. The van der Waals surface area contributed by atoms with Crippen LogP contribution in [0.1, 0.15) is 5.56 Å². The summed E-state index contributed by atoms with van der Waals surface area (Å²) in [6.45, 7) is 0. The third kappa shape index (κ3) is 5.01. The van der Waals surface area contributed by atoms with Crippen LogP contribution in [0.3, 0.4) is 0 Å². The molecule has 0 aliphatic heterocycles. The molecule has 0 amide bonds. The third-order valence-electron chi connectivity index (χ3n) is 4.68. The lowest BCUT2D eigenvalue weighted by Gasteiger charge is -2.09. The van der Waals surface area contributed by atoms with Crippen LogP contribution in [-0.2, 0) is 4.79 Å². The van der Waals surface area contributed by atoms with Crippen molar-refractivity contribution in [2.75, 3.05) is 10.5 Å². The van der Waals surface area contributed by atoms with Gasteiger partial charge in [0, 0.05) is 34.9 Å². The molecule has 7 nitrogen and oxygen atoms in total. The van der Waals surface area contributed by atoms with E-state index in [-0.39, 0.29) is 16.4 Å². The first-order chi connectivity index (χ1) is 15.8. The smallest absolute Gasteiger partial charge is 0.328 e. The second kappa shape index (κ2) is 9.13. The van der Waals surface area contributed by atoms with Gasteiger partial charge in [-0.2, -0.15) is 0 Å². The maximum atomic E-state index is 13.9. The highest BCUT2D eigenvalue weighted by molar-refractivity contribution is 8.00. The first-order valence-corrected chi connectivity index (χ1v) is 10.3. The van der Waals surface area contributed by atoms with Crippen LogP contribution in [0.25, 0.3) is 28.1 Å². The number of hydrogen-bond donors (Lipinski definition) is 4. The second-order valence-corrected chi connectivity index (χ2v) is 7.80. The molecule has 0 fully saturated rings. The molecule has 0 saturated heterocycles. The molecule has 0 bridgehead atoms. The van der Waals surface area contributed by atoms with E-state index in [4.69, 9.17) is 10.8 Å². The Bertz CT molecular complexity index is 1470. The molecule has 0 spiro atoms. The second-order valence-electron chi connectivity index (χ2n) is 6.95. The molecular weight excluding hydrogens is 450 g/mol. The summed E-state index contributed by atoms with van der Waals surface area (Å²) in [4.78, 5) is 30.1. The first kappa shape index (κ1) is 22.0. The van der Waals surface area contributed by atoms with Crippen LogP contribution in [-0.4, -0.2) is 21.0 Å². The zero-order chi connectivity index (χ0) is 23.5. The zero-order valence-corrected chi connectivity index (χ0v) is 17.6. The van der Waals surface area contributed by atoms with E-state index in [1.807, 2.05) is 6.07 Å². The first-order valence-electron chi connectivity index (χ1n) is 9.52. The van der Waals surface area contributed by atoms with Crippen molar-refractivity contribution in [1.82, 2.24) is 9.97 Å². The normalized spacial score (nSPS) is 11.2. The number of aromatic amines is 1. The van der Waals surface area contributed by atoms with Crippen molar-refractivity contribution in [3.05, 3.63) is 88.4 Å². The Hall–Kier alpha value is -4.18. The minimum atomic E-state index is -1.10. The Labute approximate surface area is 190 Å². The topological polar surface area (TPSA) is 121 Å². The van der Waals surface area contributed by atoms with Crippen molar-refractivity contribution in [3.63, 3.8) is 0 Å². The van der Waals surface area contributed by atoms with Crippen LogP contribution in [0.4, 0.5) is 20.3 Å². The van der Waals surface area contributed by atoms with Crippen LogP contribution in [0.2, 0.25) is 0 Å². The molecule has 2 aromatic carbocycles. The number of pyridine rings is 2. The number of halogens is 2. The summed E-state index contributed by atoms with van der Waals surface area (Å²) in [7, 11) is 0. The van der Waals surface area contributed by atoms with E-state index in [9.17, 15) is 18.4 Å². The summed E-state index contributed by atoms with van der Waals surface area (Å²) >= 11 is 0.850. The molecule has 2 heterocycles. The Kier molecular flexibility index (Phi) is 6.09. The standard InChI is InChI=1S/C23H16F2N4O3S/c24-16-3-5-20(17(25)10-16)33-29-19-9-15(11-27-23(19)32)12-1-4-18-14(7-12)8-13(22(26)28-18)2-6-21(30)31/h1-11,29H,(H2,26,28)(H,27,32)(H,30,31)/b6-2+. The average molecular weight is 466 g/mol. The van der Waals surface area contributed by atoms with Crippen LogP contribution in [0, 0.1) is 11.6 Å². The summed E-state index contributed by atoms with van der Waals surface area (Å²) < 4.78 is 29.8. The van der Waals surface area contributed by atoms with E-state index in [1.165, 1.54) is 18.3 Å². The van der Waals surface area contributed by atoms with Crippen molar-refractivity contribution >= 4 is 46.4 Å². The van der Waals surface area contributed by atoms with E-state index in [2.05, 4.69) is 14.7 Å². The largest absolute Gasteiger partial charge is 0.478 e. The molecule has 0 radical (unpaired) electrons. The number of nitrogen functional groups attached to an aromatic ring is 1. The molecule has 0 saturated carbocycles. The molecule has 4 aromatic rings. The van der Waals surface area contributed by atoms with Crippen molar-refractivity contribution < 1.29 is 18.7 Å². The highest BCUT2D eigenvalue weighted by Gasteiger charge is 2.10. The fourth-order valence-corrected chi connectivity index (χ4v) is 3.74. The zero-order valence-electron chi connectivity index (χ0n) is 16.8. The van der Waals surface area contributed by atoms with E-state index in [1.54, 1.807) is 24.3 Å². The maximum Gasteiger partial charge on any atom is 0.328 e. The van der Waals surface area contributed by atoms with E-state index in [0.29, 0.717) is 16.6 Å². The van der Waals surface area contributed by atoms with Gasteiger partial charge >= 0.3 is 5.97 Å². The molecule has 5 N–H and O–H groups in total. The number of aliphatic carboxylic acids is 1. The average Bonchev–Trinajstić information content (AvgIpc) is 2.77. The van der Waals surface area contributed by atoms with Gasteiger partial charge in [-0.1, -0.05) is 6.07 Å². The quantitative estimate of drug-likeness (QED) is 0.241. The number of nitrogens with one attached hydrogen (secondary N) is 2. The van der Waals surface area contributed by atoms with Gasteiger partial charge in [0.2, 0.25) is 0 Å². The number of carboxylic acid groups (broad SMARTS) is 1. The third-order valence-corrected chi connectivity index (χ3v) is 5.56. The molecule has 0 atom stereocenters. The minimum Gasteiger partial charge on any atom is -0.478 e. The van der Waals surface area contributed by atoms with Crippen LogP contribution in [0.15, 0.2) is 70.5 Å². The molecule has 166 valence electrons. The molecule has 4 rings (SSSR count). The number of carbonyl (C=O) groups is 1. The van der Waals surface area contributed by atoms with E-state index < -0.39 is 23.2 Å². The van der Waals surface area contributed by atoms with Gasteiger partial charge in [0.1, 0.15) is 23.1 Å². The van der Waals surface area contributed by atoms with Gasteiger partial charge < -0.3 is 20.5 Å². The number of nitrogens with zero attached hydrogens (tertiary/aromatic N) is 1. The number of benzene rings is 2. The van der Waals surface area contributed by atoms with Gasteiger partial charge in [-0.15, -0.1) is 0 Å². The lowest BCUT2D eigenvalue weighted by molar-refractivity contribution is -0.131. The number of H-pyrrole nitrogens is 1. The predicted octanol–water partition coefficient (Wildman–Crippen LogP) is 4.67. The Balaban J connectivity index is 1.65. The van der Waals surface area contributed by atoms with Gasteiger partial charge in [-0.3, -0.25) is 4.79 Å². The van der Waals surface area contributed by atoms with Gasteiger partial charge in [0.15, 0.2) is 0 Å². The highest BCUT2D eigenvalue weighted by Crippen LogP contribution is 2.28. The highest BCUT2D eigenvalue weighted by atomic mass is 32.2. The predicted molar refractivity (Wildman–Crippen MR) is 125 cm³/mol. The summed E-state index contributed by atoms with van der Waals surface area (Å²) in [5.74, 6) is -2.33. The molecule has 33 heavy (non-hydrogen) atoms. The fraction of sp³-hybridized carbons (Fsp3) is 0. The number of nitrogens with two attached hydrogens (primary N) is 1. The van der Waals surface area contributed by atoms with Gasteiger partial charge in [-0.05, 0) is 60.0 Å². The molecule has 0 aliphatic rings. The van der Waals surface area contributed by atoms with Gasteiger partial charge in [0.05, 0.1) is 10.4 Å². The van der Waals surface area contributed by atoms with Gasteiger partial charge in [-0.25, -0.2) is 18.6 Å². The van der Waals surface area contributed by atoms with Crippen molar-refractivity contribution in [2.45, 2.75) is 4.90 Å². The van der Waals surface area contributed by atoms with Crippen molar-refractivity contribution in [1.29, 1.82) is 0 Å². The number of hydrogen-bond acceptors (Lipinski definition) is 6. The van der Waals surface area contributed by atoms with Crippen molar-refractivity contribution in [3.8, 4) is 11.1 Å². The minimum absolute atomic E-state index is 0.137. The summed E-state index contributed by atoms with van der Waals surface area (Å²) in [5, 5.41) is 9.56. The molecule has 0 unspecified atom stereocenters. The van der Waals surface area contributed by atoms with Crippen molar-refractivity contribution in [2.24, 2.45) is 0 Å².